The van der Waals surface area contributed by atoms with Crippen molar-refractivity contribution in [2.45, 2.75) is 76.4 Å². The molecule has 1 aliphatic rings. The highest BCUT2D eigenvalue weighted by Gasteiger charge is 2.35. The van der Waals surface area contributed by atoms with Gasteiger partial charge in [-0.05, 0) is 37.9 Å². The molecule has 2 aromatic rings. The predicted octanol–water partition coefficient (Wildman–Crippen LogP) is 3.16. The summed E-state index contributed by atoms with van der Waals surface area (Å²) in [6, 6.07) is 1.93. The van der Waals surface area contributed by atoms with Crippen molar-refractivity contribution in [3.63, 3.8) is 0 Å². The van der Waals surface area contributed by atoms with Crippen LogP contribution in [-0.4, -0.2) is 67.4 Å². The standard InChI is InChI=1S/C22H38N6O4SSi/c1-5-6-13-33(30,31)21-18(8-7-10-23-21)26-22(29)27-19-15-24-20-17(25-19)9-11-28(20)16-32-12-14-34(2,3)4/h9,11,15,18,21,23H,5-8,10,12-14,16H2,1-4H3,(H2,25,26,27,29). The van der Waals surface area contributed by atoms with E-state index in [1.54, 1.807) is 0 Å². The Morgan fingerprint density at radius 3 is 2.88 bits per heavy atom. The second kappa shape index (κ2) is 11.6. The van der Waals surface area contributed by atoms with E-state index < -0.39 is 35.4 Å². The number of piperidine rings is 1. The molecule has 0 spiro atoms. The maximum Gasteiger partial charge on any atom is 0.320 e. The number of carbonyl (C=O) groups is 1. The highest BCUT2D eigenvalue weighted by molar-refractivity contribution is 7.92. The maximum atomic E-state index is 12.7. The molecule has 0 radical (unpaired) electrons. The highest BCUT2D eigenvalue weighted by atomic mass is 32.2. The zero-order chi connectivity index (χ0) is 24.8. The van der Waals surface area contributed by atoms with Crippen LogP contribution in [0.25, 0.3) is 11.2 Å². The number of urea groups is 1. The second-order valence-electron chi connectivity index (χ2n) is 10.0. The van der Waals surface area contributed by atoms with Crippen molar-refractivity contribution in [1.29, 1.82) is 0 Å². The van der Waals surface area contributed by atoms with E-state index in [1.807, 2.05) is 23.8 Å². The van der Waals surface area contributed by atoms with Gasteiger partial charge in [0.05, 0.1) is 18.0 Å². The van der Waals surface area contributed by atoms with Crippen LogP contribution in [0.2, 0.25) is 25.7 Å². The van der Waals surface area contributed by atoms with E-state index in [0.717, 1.165) is 18.9 Å². The molecule has 0 saturated carbocycles. The highest BCUT2D eigenvalue weighted by Crippen LogP contribution is 2.18. The Morgan fingerprint density at radius 2 is 2.15 bits per heavy atom. The largest absolute Gasteiger partial charge is 0.361 e. The second-order valence-corrected chi connectivity index (χ2v) is 17.9. The molecule has 2 amide bonds. The van der Waals surface area contributed by atoms with E-state index >= 15 is 0 Å². The lowest BCUT2D eigenvalue weighted by Crippen LogP contribution is -2.58. The monoisotopic (exact) mass is 510 g/mol. The van der Waals surface area contributed by atoms with E-state index in [1.165, 1.54) is 6.20 Å². The Kier molecular flexibility index (Phi) is 9.07. The van der Waals surface area contributed by atoms with E-state index in [4.69, 9.17) is 4.74 Å². The van der Waals surface area contributed by atoms with Crippen molar-refractivity contribution in [3.8, 4) is 0 Å². The van der Waals surface area contributed by atoms with E-state index in [2.05, 4.69) is 45.6 Å². The van der Waals surface area contributed by atoms with Gasteiger partial charge in [-0.1, -0.05) is 33.0 Å². The average Bonchev–Trinajstić information content (AvgIpc) is 3.17. The number of hydrogen-bond donors (Lipinski definition) is 3. The Hall–Kier alpha value is -2.02. The molecule has 12 heteroatoms. The minimum atomic E-state index is -3.35. The van der Waals surface area contributed by atoms with Crippen LogP contribution in [0.4, 0.5) is 10.6 Å². The van der Waals surface area contributed by atoms with Gasteiger partial charge in [0.2, 0.25) is 0 Å². The van der Waals surface area contributed by atoms with Gasteiger partial charge in [-0.2, -0.15) is 0 Å². The lowest BCUT2D eigenvalue weighted by molar-refractivity contribution is 0.0899. The molecule has 3 heterocycles. The fourth-order valence-corrected chi connectivity index (χ4v) is 6.62. The third kappa shape index (κ3) is 7.49. The van der Waals surface area contributed by atoms with E-state index in [-0.39, 0.29) is 5.75 Å². The minimum absolute atomic E-state index is 0.113. The number of sulfone groups is 1. The fraction of sp³-hybridized carbons (Fsp3) is 0.682. The SMILES string of the molecule is CCCCS(=O)(=O)C1NCCCC1NC(=O)Nc1cnc2c(ccn2COCC[Si](C)(C)C)n1. The summed E-state index contributed by atoms with van der Waals surface area (Å²) >= 11 is 0. The first-order valence-electron chi connectivity index (χ1n) is 12.0. The Labute approximate surface area is 203 Å². The van der Waals surface area contributed by atoms with Gasteiger partial charge in [0.15, 0.2) is 21.3 Å². The lowest BCUT2D eigenvalue weighted by Gasteiger charge is -2.32. The Bertz CT molecular complexity index is 1070. The minimum Gasteiger partial charge on any atom is -0.361 e. The summed E-state index contributed by atoms with van der Waals surface area (Å²) in [4.78, 5) is 21.5. The predicted molar refractivity (Wildman–Crippen MR) is 137 cm³/mol. The van der Waals surface area contributed by atoms with Crippen LogP contribution in [-0.2, 0) is 21.3 Å². The maximum absolute atomic E-state index is 12.7. The van der Waals surface area contributed by atoms with Gasteiger partial charge >= 0.3 is 6.03 Å². The van der Waals surface area contributed by atoms with Crippen LogP contribution >= 0.6 is 0 Å². The quantitative estimate of drug-likeness (QED) is 0.313. The summed E-state index contributed by atoms with van der Waals surface area (Å²) in [5, 5.41) is 7.81. The van der Waals surface area contributed by atoms with Crippen LogP contribution in [0.15, 0.2) is 18.5 Å². The summed E-state index contributed by atoms with van der Waals surface area (Å²) in [7, 11) is -4.49. The first-order valence-corrected chi connectivity index (χ1v) is 17.4. The first kappa shape index (κ1) is 26.6. The van der Waals surface area contributed by atoms with Crippen molar-refractivity contribution >= 4 is 40.9 Å². The molecule has 190 valence electrons. The van der Waals surface area contributed by atoms with Gasteiger partial charge in [0.25, 0.3) is 0 Å². The molecule has 3 N–H and O–H groups in total. The summed E-state index contributed by atoms with van der Waals surface area (Å²) in [6.45, 7) is 10.6. The van der Waals surface area contributed by atoms with E-state index in [9.17, 15) is 13.2 Å². The summed E-state index contributed by atoms with van der Waals surface area (Å²) in [6.07, 6.45) is 6.17. The molecule has 34 heavy (non-hydrogen) atoms. The number of rotatable bonds is 11. The number of carbonyl (C=O) groups excluding carboxylic acids is 1. The molecule has 1 aliphatic heterocycles. The summed E-state index contributed by atoms with van der Waals surface area (Å²) < 4.78 is 33.1. The zero-order valence-electron chi connectivity index (χ0n) is 20.6. The molecule has 2 aromatic heterocycles. The van der Waals surface area contributed by atoms with Crippen LogP contribution < -0.4 is 16.0 Å². The lowest BCUT2D eigenvalue weighted by atomic mass is 10.1. The molecule has 2 atom stereocenters. The van der Waals surface area contributed by atoms with Gasteiger partial charge in [-0.3, -0.25) is 10.6 Å². The van der Waals surface area contributed by atoms with Gasteiger partial charge in [-0.15, -0.1) is 0 Å². The molecule has 10 nitrogen and oxygen atoms in total. The number of aromatic nitrogens is 3. The average molecular weight is 511 g/mol. The van der Waals surface area contributed by atoms with Crippen molar-refractivity contribution in [2.24, 2.45) is 0 Å². The third-order valence-electron chi connectivity index (χ3n) is 5.82. The zero-order valence-corrected chi connectivity index (χ0v) is 22.5. The number of nitrogens with zero attached hydrogens (tertiary/aromatic N) is 3. The number of hydrogen-bond acceptors (Lipinski definition) is 7. The van der Waals surface area contributed by atoms with Gasteiger partial charge in [0.1, 0.15) is 17.6 Å². The first-order chi connectivity index (χ1) is 16.1. The summed E-state index contributed by atoms with van der Waals surface area (Å²) in [5.41, 5.74) is 1.32. The number of ether oxygens (including phenoxy) is 1. The van der Waals surface area contributed by atoms with Crippen molar-refractivity contribution in [3.05, 3.63) is 18.5 Å². The topological polar surface area (TPSA) is 127 Å². The summed E-state index contributed by atoms with van der Waals surface area (Å²) in [5.74, 6) is 0.415. The molecule has 0 aromatic carbocycles. The molecule has 1 fully saturated rings. The smallest absolute Gasteiger partial charge is 0.320 e. The van der Waals surface area contributed by atoms with Crippen LogP contribution in [0.3, 0.4) is 0 Å². The van der Waals surface area contributed by atoms with Crippen LogP contribution in [0.5, 0.6) is 0 Å². The van der Waals surface area contributed by atoms with E-state index in [0.29, 0.717) is 49.7 Å². The Balaban J connectivity index is 1.59. The number of unbranched alkanes of at least 4 members (excludes halogenated alkanes) is 1. The van der Waals surface area contributed by atoms with Gasteiger partial charge in [-0.25, -0.2) is 23.2 Å². The fourth-order valence-electron chi connectivity index (χ4n) is 3.85. The van der Waals surface area contributed by atoms with Crippen molar-refractivity contribution in [1.82, 2.24) is 25.2 Å². The Morgan fingerprint density at radius 1 is 1.35 bits per heavy atom. The molecule has 1 saturated heterocycles. The third-order valence-corrected chi connectivity index (χ3v) is 9.65. The van der Waals surface area contributed by atoms with Crippen molar-refractivity contribution < 1.29 is 17.9 Å². The molecular formula is C22H38N6O4SSi. The van der Waals surface area contributed by atoms with Gasteiger partial charge in [0, 0.05) is 20.9 Å². The molecule has 3 rings (SSSR count). The number of nitrogens with one attached hydrogen (secondary N) is 3. The van der Waals surface area contributed by atoms with Gasteiger partial charge < -0.3 is 14.6 Å². The van der Waals surface area contributed by atoms with Crippen molar-refractivity contribution in [2.75, 3.05) is 24.2 Å². The van der Waals surface area contributed by atoms with Crippen LogP contribution in [0, 0.1) is 0 Å². The molecule has 0 bridgehead atoms. The molecule has 0 aliphatic carbocycles. The number of anilines is 1. The van der Waals surface area contributed by atoms with Crippen LogP contribution in [0.1, 0.15) is 32.6 Å². The number of amides is 2. The molecular weight excluding hydrogens is 472 g/mol. The molecule has 2 unspecified atom stereocenters. The normalized spacial score (nSPS) is 19.3. The number of fused-ring (bicyclic) bond motifs is 1.